The van der Waals surface area contributed by atoms with E-state index >= 15 is 0 Å². The van der Waals surface area contributed by atoms with Crippen molar-refractivity contribution < 1.29 is 9.53 Å². The maximum absolute atomic E-state index is 12.5. The van der Waals surface area contributed by atoms with Gasteiger partial charge in [-0.15, -0.1) is 23.7 Å². The lowest BCUT2D eigenvalue weighted by Gasteiger charge is -2.22. The van der Waals surface area contributed by atoms with Gasteiger partial charge in [0.05, 0.1) is 12.8 Å². The second-order valence-electron chi connectivity index (χ2n) is 6.60. The smallest absolute Gasteiger partial charge is 0.229 e. The normalized spacial score (nSPS) is 20.6. The molecule has 2 heterocycles. The third-order valence-corrected chi connectivity index (χ3v) is 5.98. The van der Waals surface area contributed by atoms with Crippen LogP contribution in [0.1, 0.15) is 19.3 Å². The molecule has 7 heteroatoms. The van der Waals surface area contributed by atoms with Gasteiger partial charge < -0.3 is 15.4 Å². The number of nitrogens with zero attached hydrogens (tertiary/aromatic N) is 1. The molecule has 2 N–H and O–H groups in total. The molecule has 5 nitrogen and oxygen atoms in total. The van der Waals surface area contributed by atoms with Gasteiger partial charge in [0, 0.05) is 16.9 Å². The number of thiazole rings is 1. The molecule has 2 aliphatic rings. The second kappa shape index (κ2) is 7.32. The molecule has 4 rings (SSSR count). The van der Waals surface area contributed by atoms with Crippen LogP contribution in [0.15, 0.2) is 29.6 Å². The highest BCUT2D eigenvalue weighted by atomic mass is 35.5. The summed E-state index contributed by atoms with van der Waals surface area (Å²) in [5.74, 6) is 1.06. The lowest BCUT2D eigenvalue weighted by Crippen LogP contribution is -2.31. The van der Waals surface area contributed by atoms with Crippen molar-refractivity contribution in [2.24, 2.45) is 11.3 Å². The van der Waals surface area contributed by atoms with Crippen molar-refractivity contribution in [3.63, 3.8) is 0 Å². The number of halogens is 1. The quantitative estimate of drug-likeness (QED) is 0.852. The molecule has 25 heavy (non-hydrogen) atoms. The molecule has 1 saturated heterocycles. The molecular formula is C18H22ClN3O2S. The van der Waals surface area contributed by atoms with Crippen LogP contribution in [0.3, 0.4) is 0 Å². The number of amides is 1. The molecule has 1 aromatic heterocycles. The summed E-state index contributed by atoms with van der Waals surface area (Å²) in [6, 6.07) is 7.78. The first-order valence-electron chi connectivity index (χ1n) is 8.32. The van der Waals surface area contributed by atoms with Crippen LogP contribution >= 0.6 is 23.7 Å². The van der Waals surface area contributed by atoms with Gasteiger partial charge in [-0.1, -0.05) is 12.1 Å². The van der Waals surface area contributed by atoms with Crippen LogP contribution in [0.5, 0.6) is 5.75 Å². The Morgan fingerprint density at radius 2 is 2.12 bits per heavy atom. The van der Waals surface area contributed by atoms with Crippen molar-refractivity contribution in [2.45, 2.75) is 19.3 Å². The molecule has 1 aromatic carbocycles. The average molecular weight is 380 g/mol. The van der Waals surface area contributed by atoms with Gasteiger partial charge in [-0.05, 0) is 49.9 Å². The van der Waals surface area contributed by atoms with Crippen LogP contribution in [0.4, 0.5) is 5.13 Å². The number of anilines is 1. The van der Waals surface area contributed by atoms with Crippen LogP contribution < -0.4 is 15.4 Å². The summed E-state index contributed by atoms with van der Waals surface area (Å²) in [5.41, 5.74) is 2.02. The summed E-state index contributed by atoms with van der Waals surface area (Å²) in [5, 5.41) is 9.00. The zero-order chi connectivity index (χ0) is 16.6. The summed E-state index contributed by atoms with van der Waals surface area (Å²) >= 11 is 1.46. The monoisotopic (exact) mass is 379 g/mol. The molecule has 1 aliphatic carbocycles. The minimum absolute atomic E-state index is 0. The van der Waals surface area contributed by atoms with Crippen molar-refractivity contribution in [3.05, 3.63) is 29.6 Å². The topological polar surface area (TPSA) is 63.2 Å². The molecule has 1 atom stereocenters. The van der Waals surface area contributed by atoms with Crippen LogP contribution in [0.25, 0.3) is 11.3 Å². The summed E-state index contributed by atoms with van der Waals surface area (Å²) in [4.78, 5) is 17.1. The lowest BCUT2D eigenvalue weighted by molar-refractivity contribution is -0.118. The Balaban J connectivity index is 0.00000182. The Bertz CT molecular complexity index is 758. The van der Waals surface area contributed by atoms with E-state index < -0.39 is 0 Å². The van der Waals surface area contributed by atoms with Crippen molar-refractivity contribution in [3.8, 4) is 17.0 Å². The highest BCUT2D eigenvalue weighted by Crippen LogP contribution is 2.58. The van der Waals surface area contributed by atoms with Crippen molar-refractivity contribution >= 4 is 34.8 Å². The number of carbonyl (C=O) groups excluding carboxylic acids is 1. The van der Waals surface area contributed by atoms with Gasteiger partial charge >= 0.3 is 0 Å². The summed E-state index contributed by atoms with van der Waals surface area (Å²) in [6.45, 7) is 2.05. The standard InChI is InChI=1S/C18H21N3O2S.ClH/c1-23-15-5-3-2-4-12(15)14-11-24-17(20-14)21-16(22)13-10-18(13)6-8-19-9-7-18;/h2-5,11,13,19H,6-10H2,1H3,(H,20,21,22);1H. The van der Waals surface area contributed by atoms with Crippen LogP contribution in [-0.4, -0.2) is 31.1 Å². The predicted molar refractivity (Wildman–Crippen MR) is 103 cm³/mol. The third kappa shape index (κ3) is 3.52. The summed E-state index contributed by atoms with van der Waals surface area (Å²) < 4.78 is 5.38. The predicted octanol–water partition coefficient (Wildman–Crippen LogP) is 3.57. The number of nitrogens with one attached hydrogen (secondary N) is 2. The molecule has 2 aromatic rings. The van der Waals surface area contributed by atoms with Crippen LogP contribution in [0, 0.1) is 11.3 Å². The van der Waals surface area contributed by atoms with Gasteiger partial charge in [-0.3, -0.25) is 4.79 Å². The van der Waals surface area contributed by atoms with E-state index in [0.29, 0.717) is 5.13 Å². The average Bonchev–Trinajstić information content (AvgIpc) is 3.11. The van der Waals surface area contributed by atoms with Gasteiger partial charge in [0.25, 0.3) is 0 Å². The number of hydrogen-bond donors (Lipinski definition) is 2. The zero-order valence-electron chi connectivity index (χ0n) is 14.1. The van der Waals surface area contributed by atoms with Crippen molar-refractivity contribution in [1.82, 2.24) is 10.3 Å². The Kier molecular flexibility index (Phi) is 5.32. The van der Waals surface area contributed by atoms with E-state index in [4.69, 9.17) is 4.74 Å². The molecule has 0 bridgehead atoms. The number of hydrogen-bond acceptors (Lipinski definition) is 5. The third-order valence-electron chi connectivity index (χ3n) is 5.22. The Morgan fingerprint density at radius 3 is 2.88 bits per heavy atom. The molecule has 134 valence electrons. The number of ether oxygens (including phenoxy) is 1. The Labute approximate surface area is 157 Å². The number of rotatable bonds is 4. The molecule has 1 saturated carbocycles. The highest BCUT2D eigenvalue weighted by molar-refractivity contribution is 7.14. The first-order valence-corrected chi connectivity index (χ1v) is 9.20. The fraction of sp³-hybridized carbons (Fsp3) is 0.444. The number of aromatic nitrogens is 1. The van der Waals surface area contributed by atoms with E-state index in [1.54, 1.807) is 7.11 Å². The first-order chi connectivity index (χ1) is 11.7. The van der Waals surface area contributed by atoms with Gasteiger partial charge in [0.1, 0.15) is 5.75 Å². The summed E-state index contributed by atoms with van der Waals surface area (Å²) in [7, 11) is 1.65. The van der Waals surface area contributed by atoms with Gasteiger partial charge in [-0.2, -0.15) is 0 Å². The number of piperidine rings is 1. The van der Waals surface area contributed by atoms with E-state index in [9.17, 15) is 4.79 Å². The number of methoxy groups -OCH3 is 1. The molecule has 0 radical (unpaired) electrons. The van der Waals surface area contributed by atoms with Gasteiger partial charge in [0.15, 0.2) is 5.13 Å². The largest absolute Gasteiger partial charge is 0.496 e. The fourth-order valence-corrected chi connectivity index (χ4v) is 4.41. The fourth-order valence-electron chi connectivity index (χ4n) is 3.70. The number of benzene rings is 1. The molecule has 1 unspecified atom stereocenters. The van der Waals surface area contributed by atoms with E-state index in [-0.39, 0.29) is 29.6 Å². The summed E-state index contributed by atoms with van der Waals surface area (Å²) in [6.07, 6.45) is 3.23. The Morgan fingerprint density at radius 1 is 1.36 bits per heavy atom. The first kappa shape index (κ1) is 18.2. The van der Waals surface area contributed by atoms with Crippen molar-refractivity contribution in [2.75, 3.05) is 25.5 Å². The number of carbonyl (C=O) groups is 1. The van der Waals surface area contributed by atoms with E-state index in [0.717, 1.165) is 49.4 Å². The minimum atomic E-state index is 0. The zero-order valence-corrected chi connectivity index (χ0v) is 15.7. The minimum Gasteiger partial charge on any atom is -0.496 e. The van der Waals surface area contributed by atoms with E-state index in [1.165, 1.54) is 11.3 Å². The molecular weight excluding hydrogens is 358 g/mol. The molecule has 1 amide bonds. The van der Waals surface area contributed by atoms with Gasteiger partial charge in [-0.25, -0.2) is 4.98 Å². The van der Waals surface area contributed by atoms with Crippen molar-refractivity contribution in [1.29, 1.82) is 0 Å². The van der Waals surface area contributed by atoms with E-state index in [2.05, 4.69) is 15.6 Å². The van der Waals surface area contributed by atoms with Crippen LogP contribution in [0.2, 0.25) is 0 Å². The molecule has 1 spiro atoms. The highest BCUT2D eigenvalue weighted by Gasteiger charge is 2.57. The SMILES string of the molecule is COc1ccccc1-c1csc(NC(=O)C2CC23CCNCC3)n1.Cl. The van der Waals surface area contributed by atoms with E-state index in [1.807, 2.05) is 29.6 Å². The molecule has 1 aliphatic heterocycles. The molecule has 2 fully saturated rings. The Hall–Kier alpha value is -1.63. The maximum Gasteiger partial charge on any atom is 0.229 e. The number of para-hydroxylation sites is 1. The van der Waals surface area contributed by atoms with Gasteiger partial charge in [0.2, 0.25) is 5.91 Å². The second-order valence-corrected chi connectivity index (χ2v) is 7.45. The maximum atomic E-state index is 12.5. The lowest BCUT2D eigenvalue weighted by atomic mass is 9.92. The van der Waals surface area contributed by atoms with Crippen LogP contribution in [-0.2, 0) is 4.79 Å².